The van der Waals surface area contributed by atoms with Crippen LogP contribution in [0.4, 0.5) is 10.2 Å². The number of para-hydroxylation sites is 1. The molecular formula is C26H31BrFN4O7P. The molecule has 14 heteroatoms. The maximum Gasteiger partial charge on any atom is 0.380 e. The van der Waals surface area contributed by atoms with Crippen LogP contribution in [-0.2, 0) is 29.8 Å². The number of rotatable bonds is 12. The number of fused-ring (bicyclic) bond motifs is 1. The molecule has 2 unspecified atom stereocenters. The fourth-order valence-corrected chi connectivity index (χ4v) is 6.99. The Morgan fingerprint density at radius 2 is 2.02 bits per heavy atom. The van der Waals surface area contributed by atoms with Crippen LogP contribution in [0.2, 0.25) is 0 Å². The molecule has 0 spiro atoms. The minimum Gasteiger partial charge on any atom is -0.424 e. The first-order chi connectivity index (χ1) is 18.8. The van der Waals surface area contributed by atoms with Gasteiger partial charge >= 0.3 is 7.60 Å². The molecule has 1 aromatic carbocycles. The number of aliphatic hydroxyl groups is 1. The van der Waals surface area contributed by atoms with Gasteiger partial charge in [-0.3, -0.25) is 9.32 Å². The predicted molar refractivity (Wildman–Crippen MR) is 148 cm³/mol. The van der Waals surface area contributed by atoms with Crippen molar-refractivity contribution in [2.75, 3.05) is 18.5 Å². The van der Waals surface area contributed by atoms with Gasteiger partial charge in [-0.2, -0.15) is 5.10 Å². The van der Waals surface area contributed by atoms with Crippen LogP contribution < -0.4 is 10.3 Å². The zero-order chi connectivity index (χ0) is 29.2. The molecule has 0 radical (unpaired) electrons. The fourth-order valence-electron chi connectivity index (χ4n) is 4.34. The summed E-state index contributed by atoms with van der Waals surface area (Å²) in [5.74, 6) is -0.494. The Bertz CT molecular complexity index is 1450. The quantitative estimate of drug-likeness (QED) is 0.217. The Morgan fingerprint density at radius 3 is 2.73 bits per heavy atom. The Labute approximate surface area is 238 Å². The zero-order valence-electron chi connectivity index (χ0n) is 22.2. The molecule has 3 aromatic rings. The minimum atomic E-state index is -4.05. The third-order valence-electron chi connectivity index (χ3n) is 6.77. The van der Waals surface area contributed by atoms with Crippen LogP contribution in [0.5, 0.6) is 5.75 Å². The highest BCUT2D eigenvalue weighted by Gasteiger charge is 2.57. The van der Waals surface area contributed by atoms with Gasteiger partial charge in [-0.05, 0) is 60.0 Å². The number of nitrogen functional groups attached to an aromatic ring is 1. The largest absolute Gasteiger partial charge is 0.424 e. The summed E-state index contributed by atoms with van der Waals surface area (Å²) in [6.07, 6.45) is -2.77. The molecule has 11 nitrogen and oxygen atoms in total. The molecule has 216 valence electrons. The summed E-state index contributed by atoms with van der Waals surface area (Å²) < 4.78 is 46.2. The van der Waals surface area contributed by atoms with Crippen LogP contribution >= 0.6 is 23.5 Å². The number of nitrogens with zero attached hydrogens (tertiary/aromatic N) is 3. The number of Topliss-reactive ketones (excluding diaryl/α,β-unsaturated/α-hetero) is 2. The predicted octanol–water partition coefficient (Wildman–Crippen LogP) is 4.21. The Kier molecular flexibility index (Phi) is 9.11. The van der Waals surface area contributed by atoms with E-state index in [1.165, 1.54) is 24.7 Å². The third kappa shape index (κ3) is 6.44. The number of benzene rings is 1. The van der Waals surface area contributed by atoms with Gasteiger partial charge in [-0.15, -0.1) is 0 Å². The Morgan fingerprint density at radius 1 is 1.30 bits per heavy atom. The number of aliphatic hydroxyl groups excluding tert-OH is 1. The number of hydrogen-bond acceptors (Lipinski definition) is 10. The normalized spacial score (nSPS) is 25.0. The number of halogens is 2. The highest BCUT2D eigenvalue weighted by molar-refractivity contribution is 9.10. The molecule has 0 bridgehead atoms. The molecule has 1 saturated heterocycles. The van der Waals surface area contributed by atoms with Crippen LogP contribution in [0, 0.1) is 5.92 Å². The topological polar surface area (TPSA) is 155 Å². The lowest BCUT2D eigenvalue weighted by Gasteiger charge is -2.25. The number of nitrogens with two attached hydrogens (primary N) is 1. The van der Waals surface area contributed by atoms with Gasteiger partial charge in [0.2, 0.25) is 4.58 Å². The minimum absolute atomic E-state index is 0.0178. The van der Waals surface area contributed by atoms with Gasteiger partial charge in [0, 0.05) is 12.3 Å². The Hall–Kier alpha value is -2.70. The average Bonchev–Trinajstić information content (AvgIpc) is 3.41. The third-order valence-corrected chi connectivity index (χ3v) is 9.67. The molecular weight excluding hydrogens is 610 g/mol. The highest BCUT2D eigenvalue weighted by Crippen LogP contribution is 2.53. The maximum absolute atomic E-state index is 15.8. The van der Waals surface area contributed by atoms with Crippen LogP contribution in [0.3, 0.4) is 0 Å². The van der Waals surface area contributed by atoms with Gasteiger partial charge in [0.15, 0.2) is 5.82 Å². The number of alkyl halides is 2. The number of aromatic nitrogens is 3. The molecule has 6 atom stereocenters. The summed E-state index contributed by atoms with van der Waals surface area (Å²) in [4.78, 5) is 27.4. The van der Waals surface area contributed by atoms with E-state index in [0.717, 1.165) is 0 Å². The summed E-state index contributed by atoms with van der Waals surface area (Å²) in [5, 5.41) is 14.9. The van der Waals surface area contributed by atoms with Gasteiger partial charge < -0.3 is 24.9 Å². The summed E-state index contributed by atoms with van der Waals surface area (Å²) >= 11 is 2.95. The molecule has 0 saturated carbocycles. The van der Waals surface area contributed by atoms with E-state index < -0.39 is 43.0 Å². The second kappa shape index (κ2) is 12.0. The molecule has 1 fully saturated rings. The van der Waals surface area contributed by atoms with Crippen molar-refractivity contribution < 1.29 is 37.4 Å². The van der Waals surface area contributed by atoms with E-state index in [1.807, 2.05) is 0 Å². The molecule has 1 aliphatic rings. The van der Waals surface area contributed by atoms with Crippen LogP contribution in [0.1, 0.15) is 44.6 Å². The molecule has 1 aliphatic heterocycles. The molecule has 0 aliphatic carbocycles. The van der Waals surface area contributed by atoms with Crippen molar-refractivity contribution in [1.29, 1.82) is 0 Å². The second-order valence-electron chi connectivity index (χ2n) is 9.88. The number of ether oxygens (including phenoxy) is 1. The fraction of sp³-hybridized carbons (Fsp3) is 0.462. The first-order valence-corrected chi connectivity index (χ1v) is 15.1. The van der Waals surface area contributed by atoms with Gasteiger partial charge in [0.1, 0.15) is 47.5 Å². The van der Waals surface area contributed by atoms with E-state index in [-0.39, 0.29) is 41.4 Å². The van der Waals surface area contributed by atoms with Gasteiger partial charge in [-0.1, -0.05) is 25.1 Å². The van der Waals surface area contributed by atoms with Crippen molar-refractivity contribution in [3.05, 3.63) is 54.0 Å². The highest BCUT2D eigenvalue weighted by atomic mass is 79.9. The maximum atomic E-state index is 15.8. The van der Waals surface area contributed by atoms with Gasteiger partial charge in [0.05, 0.1) is 18.5 Å². The lowest BCUT2D eigenvalue weighted by atomic mass is 10.1. The number of ketones is 2. The zero-order valence-corrected chi connectivity index (χ0v) is 24.7. The molecule has 40 heavy (non-hydrogen) atoms. The van der Waals surface area contributed by atoms with Crippen molar-refractivity contribution in [3.8, 4) is 5.75 Å². The molecule has 4 rings (SSSR count). The lowest BCUT2D eigenvalue weighted by molar-refractivity contribution is -0.120. The molecule has 3 N–H and O–H groups in total. The smallest absolute Gasteiger partial charge is 0.380 e. The van der Waals surface area contributed by atoms with E-state index >= 15 is 4.39 Å². The SMILES string of the molecule is CC(=O)CCc1ccccc1OP(=O)(C[C@@H](C)C(C)=O)OC[C@H]1O[C@@H](c2ccc3c(N)ncnn23)[C@@](F)(Br)C1O. The van der Waals surface area contributed by atoms with E-state index in [9.17, 15) is 19.3 Å². The summed E-state index contributed by atoms with van der Waals surface area (Å²) in [6, 6.07) is 9.93. The van der Waals surface area contributed by atoms with E-state index in [2.05, 4.69) is 26.0 Å². The summed E-state index contributed by atoms with van der Waals surface area (Å²) in [6.45, 7) is 3.92. The number of carbonyl (C=O) groups excluding carboxylic acids is 2. The molecule has 0 amide bonds. The van der Waals surface area contributed by atoms with Crippen LogP contribution in [0.15, 0.2) is 42.7 Å². The first kappa shape index (κ1) is 30.3. The second-order valence-corrected chi connectivity index (χ2v) is 13.1. The lowest BCUT2D eigenvalue weighted by Crippen LogP contribution is -2.37. The monoisotopic (exact) mass is 640 g/mol. The van der Waals surface area contributed by atoms with Crippen molar-refractivity contribution in [2.24, 2.45) is 5.92 Å². The number of anilines is 1. The van der Waals surface area contributed by atoms with Crippen molar-refractivity contribution in [3.63, 3.8) is 0 Å². The van der Waals surface area contributed by atoms with Gasteiger partial charge in [-0.25, -0.2) is 18.5 Å². The van der Waals surface area contributed by atoms with E-state index in [4.69, 9.17) is 19.5 Å². The molecule has 2 aromatic heterocycles. The first-order valence-electron chi connectivity index (χ1n) is 12.6. The summed E-state index contributed by atoms with van der Waals surface area (Å²) in [7, 11) is -4.05. The average molecular weight is 641 g/mol. The number of carbonyl (C=O) groups is 2. The Balaban J connectivity index is 1.57. The van der Waals surface area contributed by atoms with Crippen molar-refractivity contribution in [2.45, 2.75) is 56.5 Å². The number of hydrogen-bond donors (Lipinski definition) is 2. The number of aryl methyl sites for hydroxylation is 1. The molecule has 3 heterocycles. The van der Waals surface area contributed by atoms with E-state index in [0.29, 0.717) is 17.5 Å². The standard InChI is InChI=1S/C26H31BrFN4O7P/c1-15(17(3)34)13-40(36,39-21-7-5-4-6-18(21)9-8-16(2)33)37-12-22-23(35)26(27,28)24(38-22)19-10-11-20-25(29)30-14-31-32(19)20/h4-7,10-11,14-15,22-24,35H,8-9,12-13H2,1-3H3,(H2,29,30,31)/t15-,22-,23?,24+,26-,40?/m1/s1. The van der Waals surface area contributed by atoms with E-state index in [1.54, 1.807) is 43.3 Å². The van der Waals surface area contributed by atoms with Crippen molar-refractivity contribution in [1.82, 2.24) is 14.6 Å². The van der Waals surface area contributed by atoms with Crippen molar-refractivity contribution >= 4 is 46.4 Å². The van der Waals surface area contributed by atoms with Crippen LogP contribution in [-0.4, -0.2) is 60.8 Å². The van der Waals surface area contributed by atoms with Crippen LogP contribution in [0.25, 0.3) is 5.52 Å². The van der Waals surface area contributed by atoms with Gasteiger partial charge in [0.25, 0.3) is 0 Å². The summed E-state index contributed by atoms with van der Waals surface area (Å²) in [5.41, 5.74) is 7.21.